The van der Waals surface area contributed by atoms with E-state index in [0.717, 1.165) is 18.5 Å². The minimum absolute atomic E-state index is 0.0302. The van der Waals surface area contributed by atoms with E-state index in [2.05, 4.69) is 47.3 Å². The van der Waals surface area contributed by atoms with E-state index in [1.54, 1.807) is 7.11 Å². The van der Waals surface area contributed by atoms with Crippen molar-refractivity contribution in [1.82, 2.24) is 9.88 Å². The van der Waals surface area contributed by atoms with E-state index in [4.69, 9.17) is 16.3 Å². The number of para-hydroxylation sites is 1. The fraction of sp³-hybridized carbons (Fsp3) is 0.348. The SMILES string of the molecule is CCn1cc([C@@H](CC(=O)NCCCOC)c2ccc(Cl)cc2)c2ccccc21. The van der Waals surface area contributed by atoms with Gasteiger partial charge in [0, 0.05) is 61.3 Å². The molecule has 0 aliphatic heterocycles. The van der Waals surface area contributed by atoms with Crippen molar-refractivity contribution in [3.05, 3.63) is 70.9 Å². The van der Waals surface area contributed by atoms with Gasteiger partial charge in [-0.2, -0.15) is 0 Å². The molecule has 2 aromatic carbocycles. The monoisotopic (exact) mass is 398 g/mol. The number of fused-ring (bicyclic) bond motifs is 1. The summed E-state index contributed by atoms with van der Waals surface area (Å²) in [5, 5.41) is 4.90. The summed E-state index contributed by atoms with van der Waals surface area (Å²) in [6.07, 6.45) is 3.39. The Hall–Kier alpha value is -2.30. The summed E-state index contributed by atoms with van der Waals surface area (Å²) in [7, 11) is 1.67. The zero-order chi connectivity index (χ0) is 19.9. The minimum atomic E-state index is -0.0302. The van der Waals surface area contributed by atoms with Gasteiger partial charge in [-0.1, -0.05) is 41.9 Å². The highest BCUT2D eigenvalue weighted by Gasteiger charge is 2.22. The van der Waals surface area contributed by atoms with E-state index in [0.29, 0.717) is 24.6 Å². The fourth-order valence-electron chi connectivity index (χ4n) is 3.62. The van der Waals surface area contributed by atoms with Crippen molar-refractivity contribution >= 4 is 28.4 Å². The standard InChI is InChI=1S/C23H27ClN2O2/c1-3-26-16-21(19-7-4-5-8-22(19)26)20(17-9-11-18(24)12-10-17)15-23(27)25-13-6-14-28-2/h4-5,7-12,16,20H,3,6,13-15H2,1-2H3,(H,25,27)/t20-/m0/s1. The summed E-state index contributed by atoms with van der Waals surface area (Å²) in [5.74, 6) is 0.0155. The minimum Gasteiger partial charge on any atom is -0.385 e. The van der Waals surface area contributed by atoms with Crippen LogP contribution in [-0.4, -0.2) is 30.7 Å². The van der Waals surface area contributed by atoms with E-state index >= 15 is 0 Å². The maximum absolute atomic E-state index is 12.7. The van der Waals surface area contributed by atoms with Gasteiger partial charge in [0.1, 0.15) is 0 Å². The zero-order valence-corrected chi connectivity index (χ0v) is 17.2. The molecule has 0 saturated carbocycles. The highest BCUT2D eigenvalue weighted by molar-refractivity contribution is 6.30. The van der Waals surface area contributed by atoms with Crippen LogP contribution in [0.2, 0.25) is 5.02 Å². The maximum atomic E-state index is 12.7. The van der Waals surface area contributed by atoms with E-state index in [1.807, 2.05) is 24.3 Å². The van der Waals surface area contributed by atoms with Gasteiger partial charge in [0.2, 0.25) is 5.91 Å². The van der Waals surface area contributed by atoms with Crippen LogP contribution in [0, 0.1) is 0 Å². The largest absolute Gasteiger partial charge is 0.385 e. The van der Waals surface area contributed by atoms with Crippen LogP contribution in [0.25, 0.3) is 10.9 Å². The number of carbonyl (C=O) groups is 1. The summed E-state index contributed by atoms with van der Waals surface area (Å²) in [6, 6.07) is 16.2. The van der Waals surface area contributed by atoms with Gasteiger partial charge < -0.3 is 14.6 Å². The number of amides is 1. The van der Waals surface area contributed by atoms with Crippen LogP contribution in [0.3, 0.4) is 0 Å². The van der Waals surface area contributed by atoms with Crippen LogP contribution in [-0.2, 0) is 16.1 Å². The van der Waals surface area contributed by atoms with Gasteiger partial charge in [-0.15, -0.1) is 0 Å². The van der Waals surface area contributed by atoms with E-state index < -0.39 is 0 Å². The Balaban J connectivity index is 1.93. The molecule has 1 aromatic heterocycles. The number of halogens is 1. The van der Waals surface area contributed by atoms with Crippen LogP contribution >= 0.6 is 11.6 Å². The molecule has 0 aliphatic rings. The highest BCUT2D eigenvalue weighted by Crippen LogP contribution is 2.35. The fourth-order valence-corrected chi connectivity index (χ4v) is 3.74. The van der Waals surface area contributed by atoms with Crippen molar-refractivity contribution in [3.63, 3.8) is 0 Å². The van der Waals surface area contributed by atoms with Crippen LogP contribution in [0.4, 0.5) is 0 Å². The van der Waals surface area contributed by atoms with E-state index in [1.165, 1.54) is 16.5 Å². The molecule has 5 heteroatoms. The van der Waals surface area contributed by atoms with Crippen LogP contribution in [0.1, 0.15) is 36.8 Å². The molecule has 1 N–H and O–H groups in total. The van der Waals surface area contributed by atoms with Crippen molar-refractivity contribution < 1.29 is 9.53 Å². The normalized spacial score (nSPS) is 12.2. The molecule has 0 fully saturated rings. The number of benzene rings is 2. The number of aryl methyl sites for hydroxylation is 1. The quantitative estimate of drug-likeness (QED) is 0.516. The first-order valence-electron chi connectivity index (χ1n) is 9.73. The maximum Gasteiger partial charge on any atom is 0.220 e. The number of carbonyl (C=O) groups excluding carboxylic acids is 1. The Morgan fingerprint density at radius 3 is 2.64 bits per heavy atom. The van der Waals surface area contributed by atoms with Crippen molar-refractivity contribution in [3.8, 4) is 0 Å². The van der Waals surface area contributed by atoms with Crippen LogP contribution in [0.15, 0.2) is 54.7 Å². The van der Waals surface area contributed by atoms with Gasteiger partial charge in [0.25, 0.3) is 0 Å². The third kappa shape index (κ3) is 4.75. The highest BCUT2D eigenvalue weighted by atomic mass is 35.5. The molecule has 0 saturated heterocycles. The molecule has 1 amide bonds. The summed E-state index contributed by atoms with van der Waals surface area (Å²) in [6.45, 7) is 4.29. The summed E-state index contributed by atoms with van der Waals surface area (Å²) in [4.78, 5) is 12.7. The van der Waals surface area contributed by atoms with Gasteiger partial charge in [0.05, 0.1) is 0 Å². The lowest BCUT2D eigenvalue weighted by Gasteiger charge is -2.17. The van der Waals surface area contributed by atoms with Crippen molar-refractivity contribution in [2.45, 2.75) is 32.2 Å². The Kier molecular flexibility index (Phi) is 7.12. The average molecular weight is 399 g/mol. The topological polar surface area (TPSA) is 43.3 Å². The smallest absolute Gasteiger partial charge is 0.220 e. The number of aromatic nitrogens is 1. The lowest BCUT2D eigenvalue weighted by Crippen LogP contribution is -2.27. The Morgan fingerprint density at radius 2 is 1.93 bits per heavy atom. The molecule has 4 nitrogen and oxygen atoms in total. The number of ether oxygens (including phenoxy) is 1. The first kappa shape index (κ1) is 20.4. The molecular formula is C23H27ClN2O2. The van der Waals surface area contributed by atoms with Gasteiger partial charge in [0.15, 0.2) is 0 Å². The van der Waals surface area contributed by atoms with Crippen molar-refractivity contribution in [2.24, 2.45) is 0 Å². The van der Waals surface area contributed by atoms with Crippen LogP contribution < -0.4 is 5.32 Å². The molecule has 148 valence electrons. The van der Waals surface area contributed by atoms with Gasteiger partial charge in [-0.3, -0.25) is 4.79 Å². The van der Waals surface area contributed by atoms with Crippen LogP contribution in [0.5, 0.6) is 0 Å². The molecular weight excluding hydrogens is 372 g/mol. The number of nitrogens with one attached hydrogen (secondary N) is 1. The molecule has 0 aliphatic carbocycles. The first-order chi connectivity index (χ1) is 13.6. The van der Waals surface area contributed by atoms with Gasteiger partial charge in [-0.25, -0.2) is 0 Å². The van der Waals surface area contributed by atoms with Gasteiger partial charge in [-0.05, 0) is 42.7 Å². The number of hydrogen-bond acceptors (Lipinski definition) is 2. The first-order valence-corrected chi connectivity index (χ1v) is 10.1. The average Bonchev–Trinajstić information content (AvgIpc) is 3.09. The predicted octanol–water partition coefficient (Wildman–Crippen LogP) is 4.99. The predicted molar refractivity (Wildman–Crippen MR) is 115 cm³/mol. The summed E-state index contributed by atoms with van der Waals surface area (Å²) < 4.78 is 7.29. The Labute approximate surface area is 171 Å². The number of rotatable bonds is 9. The molecule has 0 spiro atoms. The van der Waals surface area contributed by atoms with Crippen molar-refractivity contribution in [1.29, 1.82) is 0 Å². The lowest BCUT2D eigenvalue weighted by molar-refractivity contribution is -0.121. The zero-order valence-electron chi connectivity index (χ0n) is 16.5. The number of nitrogens with zero attached hydrogens (tertiary/aromatic N) is 1. The van der Waals surface area contributed by atoms with E-state index in [9.17, 15) is 4.79 Å². The molecule has 0 bridgehead atoms. The second kappa shape index (κ2) is 9.76. The molecule has 3 aromatic rings. The summed E-state index contributed by atoms with van der Waals surface area (Å²) >= 11 is 6.09. The molecule has 3 rings (SSSR count). The Morgan fingerprint density at radius 1 is 1.18 bits per heavy atom. The lowest BCUT2D eigenvalue weighted by atomic mass is 9.88. The number of hydrogen-bond donors (Lipinski definition) is 1. The molecule has 0 radical (unpaired) electrons. The Bertz CT molecular complexity index is 918. The van der Waals surface area contributed by atoms with Crippen molar-refractivity contribution in [2.75, 3.05) is 20.3 Å². The molecule has 1 heterocycles. The van der Waals surface area contributed by atoms with Gasteiger partial charge >= 0.3 is 0 Å². The second-order valence-corrected chi connectivity index (χ2v) is 7.33. The molecule has 28 heavy (non-hydrogen) atoms. The third-order valence-electron chi connectivity index (χ3n) is 5.04. The summed E-state index contributed by atoms with van der Waals surface area (Å²) in [5.41, 5.74) is 3.46. The third-order valence-corrected chi connectivity index (χ3v) is 5.30. The second-order valence-electron chi connectivity index (χ2n) is 6.89. The van der Waals surface area contributed by atoms with E-state index in [-0.39, 0.29) is 11.8 Å². The molecule has 0 unspecified atom stereocenters. The number of methoxy groups -OCH3 is 1. The molecule has 1 atom stereocenters.